The highest BCUT2D eigenvalue weighted by Gasteiger charge is 2.34. The molecule has 1 atom stereocenters. The van der Waals surface area contributed by atoms with Gasteiger partial charge in [-0.25, -0.2) is 4.79 Å². The highest BCUT2D eigenvalue weighted by Crippen LogP contribution is 2.48. The van der Waals surface area contributed by atoms with Gasteiger partial charge in [-0.2, -0.15) is 0 Å². The quantitative estimate of drug-likeness (QED) is 0.297. The number of pyridine rings is 1. The summed E-state index contributed by atoms with van der Waals surface area (Å²) in [5.41, 5.74) is 2.52. The van der Waals surface area contributed by atoms with Crippen molar-refractivity contribution in [2.24, 2.45) is 5.92 Å². The Morgan fingerprint density at radius 1 is 1.10 bits per heavy atom. The number of phenolic OH excluding ortho intramolecular Hbond substituents is 1. The first-order chi connectivity index (χ1) is 18.8. The van der Waals surface area contributed by atoms with Gasteiger partial charge in [0.1, 0.15) is 28.4 Å². The molecule has 1 aliphatic heterocycles. The fourth-order valence-electron chi connectivity index (χ4n) is 5.43. The van der Waals surface area contributed by atoms with E-state index in [9.17, 15) is 9.90 Å². The number of piperazine rings is 1. The van der Waals surface area contributed by atoms with E-state index in [0.29, 0.717) is 56.9 Å². The lowest BCUT2D eigenvalue weighted by molar-refractivity contribution is 0.0526. The standard InChI is InChI=1S/C31H37N3O5/c1-6-37-31(36)25-20(4)39-30-24-17-22(38-18-19(2)3)7-8-23(24)29(35)27(26(25)30)28(21-9-11-32-12-10-21)34-15-13-33(5)14-16-34/h7-12,17,19,28,35H,6,13-16,18H2,1-5H3. The third-order valence-electron chi connectivity index (χ3n) is 7.36. The van der Waals surface area contributed by atoms with Gasteiger partial charge in [0.05, 0.1) is 19.3 Å². The fourth-order valence-corrected chi connectivity index (χ4v) is 5.43. The van der Waals surface area contributed by atoms with Crippen molar-refractivity contribution in [2.75, 3.05) is 46.4 Å². The van der Waals surface area contributed by atoms with Gasteiger partial charge in [-0.15, -0.1) is 0 Å². The van der Waals surface area contributed by atoms with Gasteiger partial charge in [0.25, 0.3) is 0 Å². The van der Waals surface area contributed by atoms with E-state index in [0.717, 1.165) is 31.7 Å². The fraction of sp³-hybridized carbons (Fsp3) is 0.419. The summed E-state index contributed by atoms with van der Waals surface area (Å²) in [7, 11) is 2.11. The van der Waals surface area contributed by atoms with E-state index < -0.39 is 5.97 Å². The zero-order valence-corrected chi connectivity index (χ0v) is 23.4. The topological polar surface area (TPSA) is 88.3 Å². The molecule has 2 aromatic carbocycles. The molecule has 1 aliphatic rings. The molecule has 0 radical (unpaired) electrons. The zero-order chi connectivity index (χ0) is 27.7. The molecular formula is C31H37N3O5. The predicted octanol–water partition coefficient (Wildman–Crippen LogP) is 5.54. The van der Waals surface area contributed by atoms with Crippen molar-refractivity contribution in [1.82, 2.24) is 14.8 Å². The van der Waals surface area contributed by atoms with E-state index in [4.69, 9.17) is 13.9 Å². The molecule has 0 amide bonds. The van der Waals surface area contributed by atoms with Crippen LogP contribution in [0.25, 0.3) is 21.7 Å². The molecule has 0 spiro atoms. The van der Waals surface area contributed by atoms with Gasteiger partial charge in [-0.3, -0.25) is 9.88 Å². The summed E-state index contributed by atoms with van der Waals surface area (Å²) >= 11 is 0. The van der Waals surface area contributed by atoms with E-state index in [1.165, 1.54) is 0 Å². The first-order valence-electron chi connectivity index (χ1n) is 13.6. The molecule has 1 unspecified atom stereocenters. The van der Waals surface area contributed by atoms with Crippen LogP contribution in [0.3, 0.4) is 0 Å². The summed E-state index contributed by atoms with van der Waals surface area (Å²) in [5, 5.41) is 13.9. The van der Waals surface area contributed by atoms with Crippen LogP contribution in [0.5, 0.6) is 11.5 Å². The molecular weight excluding hydrogens is 494 g/mol. The highest BCUT2D eigenvalue weighted by atomic mass is 16.5. The molecule has 1 N–H and O–H groups in total. The van der Waals surface area contributed by atoms with Crippen LogP contribution in [0.15, 0.2) is 47.1 Å². The molecule has 39 heavy (non-hydrogen) atoms. The molecule has 8 heteroatoms. The normalized spacial score (nSPS) is 15.7. The molecule has 3 heterocycles. The van der Waals surface area contributed by atoms with E-state index in [1.54, 1.807) is 26.2 Å². The largest absolute Gasteiger partial charge is 0.507 e. The number of rotatable bonds is 8. The summed E-state index contributed by atoms with van der Waals surface area (Å²) in [4.78, 5) is 22.2. The first-order valence-corrected chi connectivity index (χ1v) is 13.6. The van der Waals surface area contributed by atoms with Crippen molar-refractivity contribution in [3.05, 3.63) is 65.2 Å². The number of likely N-dealkylation sites (N-methyl/N-ethyl adjacent to an activating group) is 1. The Labute approximate surface area is 229 Å². The summed E-state index contributed by atoms with van der Waals surface area (Å²) in [5.74, 6) is 1.16. The molecule has 5 rings (SSSR count). The van der Waals surface area contributed by atoms with Crippen molar-refractivity contribution in [3.63, 3.8) is 0 Å². The minimum absolute atomic E-state index is 0.125. The lowest BCUT2D eigenvalue weighted by Gasteiger charge is -2.39. The van der Waals surface area contributed by atoms with Gasteiger partial charge in [0.2, 0.25) is 0 Å². The Morgan fingerprint density at radius 2 is 1.82 bits per heavy atom. The van der Waals surface area contributed by atoms with Gasteiger partial charge >= 0.3 is 5.97 Å². The monoisotopic (exact) mass is 531 g/mol. The Bertz CT molecular complexity index is 1470. The molecule has 1 saturated heterocycles. The molecule has 2 aromatic heterocycles. The lowest BCUT2D eigenvalue weighted by atomic mass is 9.89. The minimum Gasteiger partial charge on any atom is -0.507 e. The zero-order valence-electron chi connectivity index (χ0n) is 23.4. The molecule has 0 bridgehead atoms. The number of hydrogen-bond acceptors (Lipinski definition) is 8. The Kier molecular flexibility index (Phi) is 7.77. The van der Waals surface area contributed by atoms with Crippen molar-refractivity contribution < 1.29 is 23.8 Å². The van der Waals surface area contributed by atoms with Crippen molar-refractivity contribution in [2.45, 2.75) is 33.7 Å². The summed E-state index contributed by atoms with van der Waals surface area (Å²) in [6.45, 7) is 11.9. The third-order valence-corrected chi connectivity index (χ3v) is 7.36. The van der Waals surface area contributed by atoms with Gasteiger partial charge < -0.3 is 23.9 Å². The van der Waals surface area contributed by atoms with Crippen molar-refractivity contribution >= 4 is 27.7 Å². The molecule has 0 saturated carbocycles. The van der Waals surface area contributed by atoms with Crippen LogP contribution in [0.1, 0.15) is 54.1 Å². The second kappa shape index (κ2) is 11.2. The van der Waals surface area contributed by atoms with E-state index >= 15 is 0 Å². The van der Waals surface area contributed by atoms with Crippen LogP contribution in [-0.4, -0.2) is 72.3 Å². The second-order valence-electron chi connectivity index (χ2n) is 10.7. The molecule has 4 aromatic rings. The number of furan rings is 1. The highest BCUT2D eigenvalue weighted by molar-refractivity contribution is 6.17. The molecule has 8 nitrogen and oxygen atoms in total. The van der Waals surface area contributed by atoms with E-state index in [2.05, 4.69) is 35.7 Å². The number of aryl methyl sites for hydroxylation is 1. The third kappa shape index (κ3) is 5.18. The summed E-state index contributed by atoms with van der Waals surface area (Å²) in [6, 6.07) is 9.25. The number of benzene rings is 2. The number of carbonyl (C=O) groups excluding carboxylic acids is 1. The SMILES string of the molecule is CCOC(=O)c1c(C)oc2c1c(C(c1ccncc1)N1CCN(C)CC1)c(O)c1ccc(OCC(C)C)cc12. The molecule has 206 valence electrons. The van der Waals surface area contributed by atoms with Gasteiger partial charge in [0.15, 0.2) is 0 Å². The number of carbonyl (C=O) groups is 1. The Morgan fingerprint density at radius 3 is 2.49 bits per heavy atom. The number of aromatic hydroxyl groups is 1. The maximum atomic E-state index is 13.3. The lowest BCUT2D eigenvalue weighted by Crippen LogP contribution is -2.46. The summed E-state index contributed by atoms with van der Waals surface area (Å²) in [6.07, 6.45) is 3.53. The van der Waals surface area contributed by atoms with Gasteiger partial charge in [-0.05, 0) is 62.7 Å². The maximum absolute atomic E-state index is 13.3. The van der Waals surface area contributed by atoms with Crippen LogP contribution in [0.2, 0.25) is 0 Å². The Hall–Kier alpha value is -3.62. The predicted molar refractivity (Wildman–Crippen MR) is 152 cm³/mol. The van der Waals surface area contributed by atoms with Crippen molar-refractivity contribution in [1.29, 1.82) is 0 Å². The summed E-state index contributed by atoms with van der Waals surface area (Å²) < 4.78 is 17.8. The van der Waals surface area contributed by atoms with Gasteiger partial charge in [-0.1, -0.05) is 13.8 Å². The number of aromatic nitrogens is 1. The number of ether oxygens (including phenoxy) is 2. The van der Waals surface area contributed by atoms with Crippen molar-refractivity contribution in [3.8, 4) is 11.5 Å². The number of fused-ring (bicyclic) bond motifs is 3. The molecule has 0 aliphatic carbocycles. The minimum atomic E-state index is -0.465. The number of hydrogen-bond donors (Lipinski definition) is 1. The average molecular weight is 532 g/mol. The number of esters is 1. The van der Waals surface area contributed by atoms with Gasteiger partial charge in [0, 0.05) is 60.3 Å². The van der Waals surface area contributed by atoms with Crippen LogP contribution < -0.4 is 4.74 Å². The average Bonchev–Trinajstić information content (AvgIpc) is 3.28. The van der Waals surface area contributed by atoms with E-state index in [-0.39, 0.29) is 18.4 Å². The van der Waals surface area contributed by atoms with Crippen LogP contribution in [-0.2, 0) is 4.74 Å². The second-order valence-corrected chi connectivity index (χ2v) is 10.7. The first kappa shape index (κ1) is 27.0. The van der Waals surface area contributed by atoms with Crippen LogP contribution >= 0.6 is 0 Å². The Balaban J connectivity index is 1.82. The molecule has 1 fully saturated rings. The maximum Gasteiger partial charge on any atom is 0.342 e. The number of nitrogens with zero attached hydrogens (tertiary/aromatic N) is 3. The van der Waals surface area contributed by atoms with E-state index in [1.807, 2.05) is 30.3 Å². The van der Waals surface area contributed by atoms with Crippen LogP contribution in [0.4, 0.5) is 0 Å². The van der Waals surface area contributed by atoms with Crippen LogP contribution in [0, 0.1) is 12.8 Å². The smallest absolute Gasteiger partial charge is 0.342 e. The number of phenols is 1.